The van der Waals surface area contributed by atoms with Gasteiger partial charge < -0.3 is 5.32 Å². The quantitative estimate of drug-likeness (QED) is 0.856. The van der Waals surface area contributed by atoms with Crippen molar-refractivity contribution in [3.8, 4) is 0 Å². The van der Waals surface area contributed by atoms with Gasteiger partial charge in [-0.2, -0.15) is 0 Å². The van der Waals surface area contributed by atoms with Gasteiger partial charge in [0.25, 0.3) is 5.91 Å². The SMILES string of the molecule is Cc1cc(Cl)c(Cl)cc1NC(=O)c1ccccc1F. The normalized spacial score (nSPS) is 10.3. The van der Waals surface area contributed by atoms with E-state index < -0.39 is 11.7 Å². The predicted octanol–water partition coefficient (Wildman–Crippen LogP) is 4.69. The van der Waals surface area contributed by atoms with Crippen molar-refractivity contribution in [3.63, 3.8) is 0 Å². The lowest BCUT2D eigenvalue weighted by Crippen LogP contribution is -2.14. The number of nitrogens with one attached hydrogen (secondary N) is 1. The summed E-state index contributed by atoms with van der Waals surface area (Å²) in [7, 11) is 0. The van der Waals surface area contributed by atoms with Gasteiger partial charge in [-0.15, -0.1) is 0 Å². The molecule has 2 nitrogen and oxygen atoms in total. The maximum Gasteiger partial charge on any atom is 0.258 e. The summed E-state index contributed by atoms with van der Waals surface area (Å²) in [6.07, 6.45) is 0. The molecule has 98 valence electrons. The van der Waals surface area contributed by atoms with Crippen molar-refractivity contribution < 1.29 is 9.18 Å². The van der Waals surface area contributed by atoms with E-state index in [1.807, 2.05) is 0 Å². The molecule has 0 aliphatic heterocycles. The van der Waals surface area contributed by atoms with Crippen LogP contribution in [0.1, 0.15) is 15.9 Å². The molecule has 2 rings (SSSR count). The lowest BCUT2D eigenvalue weighted by molar-refractivity contribution is 0.102. The average Bonchev–Trinajstić information content (AvgIpc) is 2.36. The smallest absolute Gasteiger partial charge is 0.258 e. The van der Waals surface area contributed by atoms with Crippen LogP contribution in [0.4, 0.5) is 10.1 Å². The fourth-order valence-corrected chi connectivity index (χ4v) is 2.00. The molecule has 0 heterocycles. The van der Waals surface area contributed by atoms with Crippen LogP contribution in [0.2, 0.25) is 10.0 Å². The van der Waals surface area contributed by atoms with E-state index in [9.17, 15) is 9.18 Å². The Balaban J connectivity index is 2.30. The maximum atomic E-state index is 13.5. The van der Waals surface area contributed by atoms with E-state index in [2.05, 4.69) is 5.32 Å². The second kappa shape index (κ2) is 5.59. The van der Waals surface area contributed by atoms with Crippen molar-refractivity contribution in [2.45, 2.75) is 6.92 Å². The fraction of sp³-hybridized carbons (Fsp3) is 0.0714. The van der Waals surface area contributed by atoms with Crippen LogP contribution in [0, 0.1) is 12.7 Å². The van der Waals surface area contributed by atoms with Gasteiger partial charge in [-0.1, -0.05) is 35.3 Å². The molecule has 0 radical (unpaired) electrons. The molecule has 0 atom stereocenters. The van der Waals surface area contributed by atoms with E-state index in [1.165, 1.54) is 24.3 Å². The lowest BCUT2D eigenvalue weighted by Gasteiger charge is -2.10. The molecule has 0 aliphatic carbocycles. The number of amides is 1. The summed E-state index contributed by atoms with van der Waals surface area (Å²) in [6.45, 7) is 1.78. The van der Waals surface area contributed by atoms with E-state index in [4.69, 9.17) is 23.2 Å². The number of hydrogen-bond donors (Lipinski definition) is 1. The zero-order chi connectivity index (χ0) is 14.0. The van der Waals surface area contributed by atoms with Gasteiger partial charge in [0, 0.05) is 5.69 Å². The van der Waals surface area contributed by atoms with Crippen LogP contribution in [-0.2, 0) is 0 Å². The fourth-order valence-electron chi connectivity index (χ4n) is 1.62. The van der Waals surface area contributed by atoms with Crippen molar-refractivity contribution >= 4 is 34.8 Å². The number of benzene rings is 2. The van der Waals surface area contributed by atoms with Crippen LogP contribution in [0.5, 0.6) is 0 Å². The first-order valence-corrected chi connectivity index (χ1v) is 6.26. The Labute approximate surface area is 120 Å². The third-order valence-corrected chi connectivity index (χ3v) is 3.36. The van der Waals surface area contributed by atoms with Crippen molar-refractivity contribution in [2.24, 2.45) is 0 Å². The van der Waals surface area contributed by atoms with Gasteiger partial charge in [0.2, 0.25) is 0 Å². The van der Waals surface area contributed by atoms with Crippen molar-refractivity contribution in [1.29, 1.82) is 0 Å². The van der Waals surface area contributed by atoms with Gasteiger partial charge in [0.05, 0.1) is 15.6 Å². The molecule has 0 aliphatic rings. The highest BCUT2D eigenvalue weighted by Crippen LogP contribution is 2.28. The van der Waals surface area contributed by atoms with Crippen LogP contribution in [-0.4, -0.2) is 5.91 Å². The second-order valence-corrected chi connectivity index (χ2v) is 4.83. The molecule has 2 aromatic rings. The highest BCUT2D eigenvalue weighted by atomic mass is 35.5. The van der Waals surface area contributed by atoms with Gasteiger partial charge in [-0.25, -0.2) is 4.39 Å². The number of carbonyl (C=O) groups is 1. The molecule has 0 fully saturated rings. The molecule has 0 spiro atoms. The molecular weight excluding hydrogens is 288 g/mol. The highest BCUT2D eigenvalue weighted by molar-refractivity contribution is 6.42. The Morgan fingerprint density at radius 2 is 1.79 bits per heavy atom. The summed E-state index contributed by atoms with van der Waals surface area (Å²) >= 11 is 11.7. The molecule has 0 saturated carbocycles. The van der Waals surface area contributed by atoms with E-state index in [0.29, 0.717) is 15.7 Å². The Morgan fingerprint density at radius 3 is 2.47 bits per heavy atom. The van der Waals surface area contributed by atoms with Gasteiger partial charge in [0.1, 0.15) is 5.82 Å². The molecule has 1 N–H and O–H groups in total. The molecule has 0 unspecified atom stereocenters. The van der Waals surface area contributed by atoms with Gasteiger partial charge in [-0.3, -0.25) is 4.79 Å². The zero-order valence-electron chi connectivity index (χ0n) is 10.0. The largest absolute Gasteiger partial charge is 0.322 e. The third-order valence-electron chi connectivity index (χ3n) is 2.63. The number of hydrogen-bond acceptors (Lipinski definition) is 1. The molecule has 19 heavy (non-hydrogen) atoms. The predicted molar refractivity (Wildman–Crippen MR) is 75.6 cm³/mol. The van der Waals surface area contributed by atoms with E-state index in [1.54, 1.807) is 19.1 Å². The second-order valence-electron chi connectivity index (χ2n) is 4.02. The first-order valence-electron chi connectivity index (χ1n) is 5.50. The first-order chi connectivity index (χ1) is 8.99. The van der Waals surface area contributed by atoms with Crippen LogP contribution in [0.3, 0.4) is 0 Å². The summed E-state index contributed by atoms with van der Waals surface area (Å²) in [6, 6.07) is 8.95. The zero-order valence-corrected chi connectivity index (χ0v) is 11.5. The molecule has 0 aromatic heterocycles. The maximum absolute atomic E-state index is 13.5. The summed E-state index contributed by atoms with van der Waals surface area (Å²) in [4.78, 5) is 12.0. The van der Waals surface area contributed by atoms with Gasteiger partial charge >= 0.3 is 0 Å². The van der Waals surface area contributed by atoms with E-state index in [0.717, 1.165) is 5.56 Å². The Bertz CT molecular complexity index is 643. The Kier molecular flexibility index (Phi) is 4.08. The van der Waals surface area contributed by atoms with Gasteiger partial charge in [0.15, 0.2) is 0 Å². The molecule has 0 saturated heterocycles. The Morgan fingerprint density at radius 1 is 1.16 bits per heavy atom. The number of rotatable bonds is 2. The highest BCUT2D eigenvalue weighted by Gasteiger charge is 2.13. The van der Waals surface area contributed by atoms with Crippen LogP contribution < -0.4 is 5.32 Å². The number of anilines is 1. The van der Waals surface area contributed by atoms with Crippen molar-refractivity contribution in [2.75, 3.05) is 5.32 Å². The minimum absolute atomic E-state index is 0.0204. The van der Waals surface area contributed by atoms with Crippen LogP contribution in [0.25, 0.3) is 0 Å². The monoisotopic (exact) mass is 297 g/mol. The summed E-state index contributed by atoms with van der Waals surface area (Å²) in [5.74, 6) is -1.10. The van der Waals surface area contributed by atoms with Gasteiger partial charge in [-0.05, 0) is 36.8 Å². The molecule has 2 aromatic carbocycles. The summed E-state index contributed by atoms with van der Waals surface area (Å²) < 4.78 is 13.5. The molecule has 1 amide bonds. The summed E-state index contributed by atoms with van der Waals surface area (Å²) in [5, 5.41) is 3.35. The molecular formula is C14H10Cl2FNO. The number of halogens is 3. The van der Waals surface area contributed by atoms with Crippen LogP contribution >= 0.6 is 23.2 Å². The third kappa shape index (κ3) is 3.06. The van der Waals surface area contributed by atoms with Crippen molar-refractivity contribution in [3.05, 3.63) is 63.4 Å². The minimum Gasteiger partial charge on any atom is -0.322 e. The van der Waals surface area contributed by atoms with Crippen molar-refractivity contribution in [1.82, 2.24) is 0 Å². The number of aryl methyl sites for hydroxylation is 1. The van der Waals surface area contributed by atoms with E-state index >= 15 is 0 Å². The van der Waals surface area contributed by atoms with E-state index in [-0.39, 0.29) is 5.56 Å². The minimum atomic E-state index is -0.572. The Hall–Kier alpha value is -1.58. The summed E-state index contributed by atoms with van der Waals surface area (Å²) in [5.41, 5.74) is 1.23. The standard InChI is InChI=1S/C14H10Cl2FNO/c1-8-6-10(15)11(16)7-13(8)18-14(19)9-4-2-3-5-12(9)17/h2-7H,1H3,(H,18,19). The molecule has 5 heteroatoms. The topological polar surface area (TPSA) is 29.1 Å². The average molecular weight is 298 g/mol. The lowest BCUT2D eigenvalue weighted by atomic mass is 10.1. The molecule has 0 bridgehead atoms. The number of carbonyl (C=O) groups excluding carboxylic acids is 1. The van der Waals surface area contributed by atoms with Crippen LogP contribution in [0.15, 0.2) is 36.4 Å². The first kappa shape index (κ1) is 13.8.